The van der Waals surface area contributed by atoms with Crippen molar-refractivity contribution in [3.8, 4) is 0 Å². The van der Waals surface area contributed by atoms with Crippen molar-refractivity contribution in [1.29, 1.82) is 0 Å². The van der Waals surface area contributed by atoms with Gasteiger partial charge in [-0.2, -0.15) is 5.10 Å². The Balaban J connectivity index is 1.49. The van der Waals surface area contributed by atoms with Gasteiger partial charge in [-0.25, -0.2) is 14.8 Å². The molecule has 4 heterocycles. The minimum Gasteiger partial charge on any atom is -0.465 e. The molecule has 0 saturated heterocycles. The zero-order valence-corrected chi connectivity index (χ0v) is 18.8. The van der Waals surface area contributed by atoms with E-state index < -0.39 is 6.09 Å². The van der Waals surface area contributed by atoms with Crippen LogP contribution in [0.4, 0.5) is 16.3 Å². The Labute approximate surface area is 190 Å². The van der Waals surface area contributed by atoms with Crippen molar-refractivity contribution in [2.45, 2.75) is 13.0 Å². The standard InChI is InChI=1S/C23H26N8O2/c1-29(2)12-16-9-17(8-15-11-26-30(3)20(15)16)27-21-18-10-19(28-22(18)25-13-24-21)14-4-6-31(7-5-14)23(32)33/h4,8-11,13H,5-7,12H2,1-3H3,(H,32,33)(H2,24,25,27,28). The number of nitrogens with one attached hydrogen (secondary N) is 2. The Bertz CT molecular complexity index is 1380. The smallest absolute Gasteiger partial charge is 0.407 e. The molecular weight excluding hydrogens is 420 g/mol. The Morgan fingerprint density at radius 3 is 2.85 bits per heavy atom. The molecule has 5 rings (SSSR count). The number of aromatic amines is 1. The molecule has 10 nitrogen and oxygen atoms in total. The predicted octanol–water partition coefficient (Wildman–Crippen LogP) is 3.42. The van der Waals surface area contributed by atoms with Gasteiger partial charge in [0.05, 0.1) is 17.1 Å². The molecule has 1 amide bonds. The van der Waals surface area contributed by atoms with Gasteiger partial charge in [-0.15, -0.1) is 0 Å². The van der Waals surface area contributed by atoms with Crippen LogP contribution in [0.3, 0.4) is 0 Å². The van der Waals surface area contributed by atoms with Gasteiger partial charge < -0.3 is 25.2 Å². The number of fused-ring (bicyclic) bond motifs is 2. The fraction of sp³-hybridized carbons (Fsp3) is 0.304. The Kier molecular flexibility index (Phi) is 5.21. The molecule has 0 aliphatic carbocycles. The third-order valence-corrected chi connectivity index (χ3v) is 5.91. The normalized spacial score (nSPS) is 14.3. The van der Waals surface area contributed by atoms with Gasteiger partial charge in [0.15, 0.2) is 0 Å². The van der Waals surface area contributed by atoms with E-state index in [1.807, 2.05) is 44.2 Å². The minimum absolute atomic E-state index is 0.386. The molecule has 1 aliphatic rings. The van der Waals surface area contributed by atoms with E-state index in [2.05, 4.69) is 42.4 Å². The SMILES string of the molecule is CN(C)Cc1cc(Nc2ncnc3[nH]c(C4=CCN(C(=O)O)CC4)cc23)cc2cnn(C)c12. The molecule has 0 spiro atoms. The molecule has 0 saturated carbocycles. The number of benzene rings is 1. The average molecular weight is 447 g/mol. The second-order valence-corrected chi connectivity index (χ2v) is 8.58. The van der Waals surface area contributed by atoms with Gasteiger partial charge in [0, 0.05) is 43.4 Å². The highest BCUT2D eigenvalue weighted by molar-refractivity contribution is 5.93. The molecular formula is C23H26N8O2. The van der Waals surface area contributed by atoms with Gasteiger partial charge >= 0.3 is 6.09 Å². The van der Waals surface area contributed by atoms with Gasteiger partial charge in [-0.3, -0.25) is 4.68 Å². The summed E-state index contributed by atoms with van der Waals surface area (Å²) in [4.78, 5) is 27.0. The summed E-state index contributed by atoms with van der Waals surface area (Å²) < 4.78 is 1.91. The minimum atomic E-state index is -0.890. The molecule has 3 N–H and O–H groups in total. The summed E-state index contributed by atoms with van der Waals surface area (Å²) in [6.45, 7) is 1.66. The fourth-order valence-corrected chi connectivity index (χ4v) is 4.39. The van der Waals surface area contributed by atoms with Crippen molar-refractivity contribution in [2.75, 3.05) is 32.5 Å². The van der Waals surface area contributed by atoms with E-state index in [1.165, 1.54) is 16.8 Å². The van der Waals surface area contributed by atoms with Gasteiger partial charge in [-0.05, 0) is 49.9 Å². The molecule has 0 radical (unpaired) electrons. The molecule has 1 aliphatic heterocycles. The first-order valence-electron chi connectivity index (χ1n) is 10.8. The van der Waals surface area contributed by atoms with Gasteiger partial charge in [0.1, 0.15) is 17.8 Å². The lowest BCUT2D eigenvalue weighted by Crippen LogP contribution is -2.33. The number of aryl methyl sites for hydroxylation is 1. The average Bonchev–Trinajstić information content (AvgIpc) is 3.38. The number of carbonyl (C=O) groups is 1. The Hall–Kier alpha value is -3.92. The molecule has 0 fully saturated rings. The highest BCUT2D eigenvalue weighted by Gasteiger charge is 2.19. The number of aromatic nitrogens is 5. The van der Waals surface area contributed by atoms with Crippen molar-refractivity contribution in [3.63, 3.8) is 0 Å². The lowest BCUT2D eigenvalue weighted by molar-refractivity contribution is 0.150. The molecule has 4 aromatic rings. The summed E-state index contributed by atoms with van der Waals surface area (Å²) in [5.41, 5.74) is 5.99. The number of H-pyrrole nitrogens is 1. The van der Waals surface area contributed by atoms with Crippen LogP contribution in [-0.2, 0) is 13.6 Å². The summed E-state index contributed by atoms with van der Waals surface area (Å²) in [6.07, 6.45) is 5.13. The maximum Gasteiger partial charge on any atom is 0.407 e. The first-order valence-corrected chi connectivity index (χ1v) is 10.8. The monoisotopic (exact) mass is 446 g/mol. The largest absolute Gasteiger partial charge is 0.465 e. The van der Waals surface area contributed by atoms with E-state index in [0.717, 1.165) is 45.4 Å². The number of nitrogens with zero attached hydrogens (tertiary/aromatic N) is 6. The predicted molar refractivity (Wildman–Crippen MR) is 127 cm³/mol. The molecule has 0 atom stereocenters. The van der Waals surface area contributed by atoms with Crippen LogP contribution < -0.4 is 5.32 Å². The van der Waals surface area contributed by atoms with Gasteiger partial charge in [-0.1, -0.05) is 6.08 Å². The van der Waals surface area contributed by atoms with Crippen LogP contribution in [-0.4, -0.2) is 72.9 Å². The number of hydrogen-bond donors (Lipinski definition) is 3. The topological polar surface area (TPSA) is 115 Å². The third-order valence-electron chi connectivity index (χ3n) is 5.91. The van der Waals surface area contributed by atoms with Crippen molar-refractivity contribution in [1.82, 2.24) is 34.5 Å². The fourth-order valence-electron chi connectivity index (χ4n) is 4.39. The zero-order chi connectivity index (χ0) is 23.1. The maximum absolute atomic E-state index is 11.2. The highest BCUT2D eigenvalue weighted by Crippen LogP contribution is 2.31. The van der Waals surface area contributed by atoms with Crippen LogP contribution in [0.1, 0.15) is 17.7 Å². The molecule has 0 bridgehead atoms. The van der Waals surface area contributed by atoms with E-state index in [1.54, 1.807) is 0 Å². The zero-order valence-electron chi connectivity index (χ0n) is 18.8. The first-order chi connectivity index (χ1) is 15.9. The van der Waals surface area contributed by atoms with Crippen molar-refractivity contribution in [3.05, 3.63) is 48.1 Å². The summed E-state index contributed by atoms with van der Waals surface area (Å²) in [5, 5.41) is 19.0. The summed E-state index contributed by atoms with van der Waals surface area (Å²) in [6, 6.07) is 6.24. The second kappa shape index (κ2) is 8.21. The first kappa shape index (κ1) is 21.0. The van der Waals surface area contributed by atoms with Crippen LogP contribution in [0.2, 0.25) is 0 Å². The van der Waals surface area contributed by atoms with Crippen molar-refractivity contribution >= 4 is 45.1 Å². The third kappa shape index (κ3) is 4.00. The lowest BCUT2D eigenvalue weighted by Gasteiger charge is -2.23. The van der Waals surface area contributed by atoms with Gasteiger partial charge in [0.25, 0.3) is 0 Å². The second-order valence-electron chi connectivity index (χ2n) is 8.58. The van der Waals surface area contributed by atoms with Crippen LogP contribution in [0, 0.1) is 0 Å². The number of hydrogen-bond acceptors (Lipinski definition) is 6. The molecule has 3 aromatic heterocycles. The molecule has 33 heavy (non-hydrogen) atoms. The molecule has 0 unspecified atom stereocenters. The summed E-state index contributed by atoms with van der Waals surface area (Å²) in [7, 11) is 6.06. The molecule has 1 aromatic carbocycles. The van der Waals surface area contributed by atoms with Gasteiger partial charge in [0.2, 0.25) is 0 Å². The quantitative estimate of drug-likeness (QED) is 0.430. The van der Waals surface area contributed by atoms with Crippen molar-refractivity contribution < 1.29 is 9.90 Å². The van der Waals surface area contributed by atoms with Crippen LogP contribution in [0.15, 0.2) is 36.8 Å². The van der Waals surface area contributed by atoms with Crippen LogP contribution in [0.5, 0.6) is 0 Å². The van der Waals surface area contributed by atoms with Crippen LogP contribution in [0.25, 0.3) is 27.5 Å². The summed E-state index contributed by atoms with van der Waals surface area (Å²) in [5.74, 6) is 0.713. The Morgan fingerprint density at radius 2 is 2.12 bits per heavy atom. The van der Waals surface area contributed by atoms with E-state index in [9.17, 15) is 9.90 Å². The van der Waals surface area contributed by atoms with Crippen LogP contribution >= 0.6 is 0 Å². The Morgan fingerprint density at radius 1 is 1.27 bits per heavy atom. The number of rotatable bonds is 5. The van der Waals surface area contributed by atoms with E-state index in [4.69, 9.17) is 0 Å². The van der Waals surface area contributed by atoms with Crippen molar-refractivity contribution in [2.24, 2.45) is 7.05 Å². The van der Waals surface area contributed by atoms with E-state index in [-0.39, 0.29) is 0 Å². The lowest BCUT2D eigenvalue weighted by atomic mass is 10.1. The summed E-state index contributed by atoms with van der Waals surface area (Å²) >= 11 is 0. The maximum atomic E-state index is 11.2. The van der Waals surface area contributed by atoms with E-state index >= 15 is 0 Å². The number of anilines is 2. The van der Waals surface area contributed by atoms with E-state index in [0.29, 0.717) is 25.3 Å². The molecule has 10 heteroatoms. The highest BCUT2D eigenvalue weighted by atomic mass is 16.4. The number of amides is 1. The number of carboxylic acid groups (broad SMARTS) is 1. The molecule has 170 valence electrons.